The van der Waals surface area contributed by atoms with Crippen molar-refractivity contribution >= 4 is 32.4 Å². The molecule has 1 aliphatic heterocycles. The molecular weight excluding hydrogens is 424 g/mol. The highest BCUT2D eigenvalue weighted by atomic mass is 32.2. The van der Waals surface area contributed by atoms with E-state index in [2.05, 4.69) is 5.32 Å². The molecule has 6 nitrogen and oxygen atoms in total. The van der Waals surface area contributed by atoms with Crippen molar-refractivity contribution in [2.45, 2.75) is 4.90 Å². The van der Waals surface area contributed by atoms with Crippen LogP contribution >= 0.6 is 0 Å². The average molecular weight is 445 g/mol. The first kappa shape index (κ1) is 21.4. The van der Waals surface area contributed by atoms with Gasteiger partial charge in [-0.25, -0.2) is 17.2 Å². The molecule has 1 heterocycles. The molecule has 0 aromatic heterocycles. The fourth-order valence-corrected chi connectivity index (χ4v) is 5.24. The molecule has 0 atom stereocenters. The van der Waals surface area contributed by atoms with Crippen LogP contribution in [0.5, 0.6) is 0 Å². The molecule has 162 valence electrons. The van der Waals surface area contributed by atoms with E-state index in [9.17, 15) is 22.0 Å². The highest BCUT2D eigenvalue weighted by Crippen LogP contribution is 2.24. The topological polar surface area (TPSA) is 69.7 Å². The van der Waals surface area contributed by atoms with E-state index in [4.69, 9.17) is 0 Å². The largest absolute Gasteiger partial charge is 0.324 e. The quantitative estimate of drug-likeness (QED) is 0.656. The van der Waals surface area contributed by atoms with Crippen LogP contribution in [0.4, 0.5) is 14.5 Å². The monoisotopic (exact) mass is 445 g/mol. The SMILES string of the molecule is O=C(CN1CCN(S(=O)(=O)c2c(F)cccc2F)CC1)Nc1cccc2ccccc12. The van der Waals surface area contributed by atoms with Gasteiger partial charge in [0, 0.05) is 37.3 Å². The highest BCUT2D eigenvalue weighted by molar-refractivity contribution is 7.89. The van der Waals surface area contributed by atoms with Gasteiger partial charge in [-0.2, -0.15) is 4.31 Å². The van der Waals surface area contributed by atoms with Crippen molar-refractivity contribution in [1.82, 2.24) is 9.21 Å². The Kier molecular flexibility index (Phi) is 5.99. The van der Waals surface area contributed by atoms with Gasteiger partial charge in [0.2, 0.25) is 15.9 Å². The van der Waals surface area contributed by atoms with Crippen molar-refractivity contribution in [3.63, 3.8) is 0 Å². The number of nitrogens with one attached hydrogen (secondary N) is 1. The van der Waals surface area contributed by atoms with Crippen molar-refractivity contribution < 1.29 is 22.0 Å². The number of hydrogen-bond acceptors (Lipinski definition) is 4. The molecule has 4 rings (SSSR count). The predicted octanol–water partition coefficient (Wildman–Crippen LogP) is 3.06. The van der Waals surface area contributed by atoms with Gasteiger partial charge in [0.15, 0.2) is 4.90 Å². The lowest BCUT2D eigenvalue weighted by Gasteiger charge is -2.33. The van der Waals surface area contributed by atoms with Crippen molar-refractivity contribution in [1.29, 1.82) is 0 Å². The van der Waals surface area contributed by atoms with E-state index in [0.29, 0.717) is 5.69 Å². The molecule has 1 saturated heterocycles. The molecule has 1 N–H and O–H groups in total. The minimum Gasteiger partial charge on any atom is -0.324 e. The number of carbonyl (C=O) groups is 1. The maximum Gasteiger partial charge on any atom is 0.249 e. The van der Waals surface area contributed by atoms with Crippen LogP contribution < -0.4 is 5.32 Å². The van der Waals surface area contributed by atoms with E-state index >= 15 is 0 Å². The summed E-state index contributed by atoms with van der Waals surface area (Å²) < 4.78 is 54.3. The Morgan fingerprint density at radius 1 is 0.871 bits per heavy atom. The molecule has 0 aliphatic carbocycles. The van der Waals surface area contributed by atoms with Crippen molar-refractivity contribution in [3.05, 3.63) is 72.3 Å². The van der Waals surface area contributed by atoms with Crippen molar-refractivity contribution in [3.8, 4) is 0 Å². The first-order chi connectivity index (χ1) is 14.9. The number of amides is 1. The second kappa shape index (κ2) is 8.70. The summed E-state index contributed by atoms with van der Waals surface area (Å²) >= 11 is 0. The molecule has 9 heteroatoms. The normalized spacial score (nSPS) is 15.8. The number of benzene rings is 3. The van der Waals surface area contributed by atoms with E-state index < -0.39 is 26.6 Å². The second-order valence-corrected chi connectivity index (χ2v) is 9.18. The van der Waals surface area contributed by atoms with Gasteiger partial charge in [-0.15, -0.1) is 0 Å². The molecule has 3 aromatic carbocycles. The second-order valence-electron chi connectivity index (χ2n) is 7.31. The Morgan fingerprint density at radius 2 is 1.48 bits per heavy atom. The standard InChI is InChI=1S/C22H21F2N3O3S/c23-18-8-4-9-19(24)22(18)31(29,30)27-13-11-26(12-14-27)15-21(28)25-20-10-3-6-16-5-1-2-7-17(16)20/h1-10H,11-15H2,(H,25,28). The molecule has 1 aliphatic rings. The Bertz CT molecular complexity index is 1200. The fraction of sp³-hybridized carbons (Fsp3) is 0.227. The van der Waals surface area contributed by atoms with Gasteiger partial charge in [-0.1, -0.05) is 42.5 Å². The van der Waals surface area contributed by atoms with Gasteiger partial charge in [0.1, 0.15) is 11.6 Å². The van der Waals surface area contributed by atoms with Gasteiger partial charge in [-0.05, 0) is 23.6 Å². The summed E-state index contributed by atoms with van der Waals surface area (Å²) in [5.41, 5.74) is 0.708. The summed E-state index contributed by atoms with van der Waals surface area (Å²) in [4.78, 5) is 13.4. The zero-order chi connectivity index (χ0) is 22.0. The lowest BCUT2D eigenvalue weighted by molar-refractivity contribution is -0.117. The first-order valence-corrected chi connectivity index (χ1v) is 11.2. The maximum atomic E-state index is 14.0. The van der Waals surface area contributed by atoms with E-state index in [-0.39, 0.29) is 38.6 Å². The third-order valence-electron chi connectivity index (χ3n) is 5.28. The molecule has 0 radical (unpaired) electrons. The first-order valence-electron chi connectivity index (χ1n) is 9.80. The number of carbonyl (C=O) groups excluding carboxylic acids is 1. The zero-order valence-corrected chi connectivity index (χ0v) is 17.4. The van der Waals surface area contributed by atoms with Crippen LogP contribution in [0.1, 0.15) is 0 Å². The molecule has 1 amide bonds. The lowest BCUT2D eigenvalue weighted by Crippen LogP contribution is -2.50. The third kappa shape index (κ3) is 4.43. The van der Waals surface area contributed by atoms with Gasteiger partial charge in [-0.3, -0.25) is 9.69 Å². The van der Waals surface area contributed by atoms with E-state index in [0.717, 1.165) is 33.3 Å². The van der Waals surface area contributed by atoms with Crippen LogP contribution in [0.2, 0.25) is 0 Å². The number of fused-ring (bicyclic) bond motifs is 1. The summed E-state index contributed by atoms with van der Waals surface area (Å²) in [7, 11) is -4.29. The van der Waals surface area contributed by atoms with Crippen molar-refractivity contribution in [2.24, 2.45) is 0 Å². The molecule has 0 bridgehead atoms. The number of piperazine rings is 1. The molecule has 0 saturated carbocycles. The third-order valence-corrected chi connectivity index (χ3v) is 7.23. The fourth-order valence-electron chi connectivity index (χ4n) is 3.71. The van der Waals surface area contributed by atoms with E-state index in [1.807, 2.05) is 47.4 Å². The molecule has 0 unspecified atom stereocenters. The highest BCUT2D eigenvalue weighted by Gasteiger charge is 2.33. The summed E-state index contributed by atoms with van der Waals surface area (Å²) in [5, 5.41) is 4.85. The van der Waals surface area contributed by atoms with Gasteiger partial charge < -0.3 is 5.32 Å². The molecule has 3 aromatic rings. The summed E-state index contributed by atoms with van der Waals surface area (Å²) in [6.45, 7) is 0.719. The predicted molar refractivity (Wildman–Crippen MR) is 114 cm³/mol. The van der Waals surface area contributed by atoms with E-state index in [1.54, 1.807) is 0 Å². The Morgan fingerprint density at radius 3 is 2.19 bits per heavy atom. The smallest absolute Gasteiger partial charge is 0.249 e. The molecular formula is C22H21F2N3O3S. The van der Waals surface area contributed by atoms with Crippen LogP contribution in [0.15, 0.2) is 65.6 Å². The lowest BCUT2D eigenvalue weighted by atomic mass is 10.1. The summed E-state index contributed by atoms with van der Waals surface area (Å²) in [6, 6.07) is 16.3. The number of halogens is 2. The van der Waals surface area contributed by atoms with Crippen LogP contribution in [0.25, 0.3) is 10.8 Å². The average Bonchev–Trinajstić information content (AvgIpc) is 2.74. The number of anilines is 1. The van der Waals surface area contributed by atoms with Gasteiger partial charge >= 0.3 is 0 Å². The Labute approximate surface area is 179 Å². The minimum atomic E-state index is -4.29. The number of hydrogen-bond donors (Lipinski definition) is 1. The van der Waals surface area contributed by atoms with Crippen LogP contribution in [-0.2, 0) is 14.8 Å². The molecule has 1 fully saturated rings. The van der Waals surface area contributed by atoms with E-state index in [1.165, 1.54) is 0 Å². The summed E-state index contributed by atoms with van der Waals surface area (Å²) in [6.07, 6.45) is 0. The van der Waals surface area contributed by atoms with Crippen LogP contribution in [0, 0.1) is 11.6 Å². The van der Waals surface area contributed by atoms with Crippen LogP contribution in [-0.4, -0.2) is 56.3 Å². The molecule has 0 spiro atoms. The van der Waals surface area contributed by atoms with Gasteiger partial charge in [0.05, 0.1) is 6.54 Å². The minimum absolute atomic E-state index is 0.0393. The van der Waals surface area contributed by atoms with Crippen LogP contribution in [0.3, 0.4) is 0 Å². The number of sulfonamides is 1. The molecule has 31 heavy (non-hydrogen) atoms. The number of nitrogens with zero attached hydrogens (tertiary/aromatic N) is 2. The van der Waals surface area contributed by atoms with Crippen molar-refractivity contribution in [2.75, 3.05) is 38.0 Å². The Hall–Kier alpha value is -2.88. The zero-order valence-electron chi connectivity index (χ0n) is 16.6. The summed E-state index contributed by atoms with van der Waals surface area (Å²) in [5.74, 6) is -2.44. The number of rotatable bonds is 5. The van der Waals surface area contributed by atoms with Gasteiger partial charge in [0.25, 0.3) is 0 Å². The maximum absolute atomic E-state index is 14.0. The Balaban J connectivity index is 1.38.